The van der Waals surface area contributed by atoms with Crippen LogP contribution in [0.4, 0.5) is 0 Å². The van der Waals surface area contributed by atoms with Crippen LogP contribution in [0.2, 0.25) is 0 Å². The molecule has 9 nitrogen and oxygen atoms in total. The van der Waals surface area contributed by atoms with Gasteiger partial charge >= 0.3 is 5.97 Å². The second-order valence-electron chi connectivity index (χ2n) is 5.39. The normalized spacial score (nSPS) is 11.2. The number of hydrogen-bond acceptors (Lipinski definition) is 8. The Morgan fingerprint density at radius 2 is 1.78 bits per heavy atom. The van der Waals surface area contributed by atoms with Crippen molar-refractivity contribution in [1.29, 1.82) is 0 Å². The van der Waals surface area contributed by atoms with Gasteiger partial charge in [0.1, 0.15) is 5.75 Å². The minimum Gasteiger partial charge on any atom is -0.497 e. The molecule has 10 heteroatoms. The number of carbonyl (C=O) groups excluding carboxylic acids is 1. The molecular weight excluding hydrogens is 374 g/mol. The van der Waals surface area contributed by atoms with Gasteiger partial charge in [-0.05, 0) is 48.5 Å². The van der Waals surface area contributed by atoms with Crippen molar-refractivity contribution in [3.8, 4) is 17.2 Å². The predicted octanol–water partition coefficient (Wildman–Crippen LogP) is 1.75. The van der Waals surface area contributed by atoms with Crippen LogP contribution in [-0.4, -0.2) is 31.6 Å². The summed E-state index contributed by atoms with van der Waals surface area (Å²) in [4.78, 5) is 16.1. The van der Waals surface area contributed by atoms with Crippen molar-refractivity contribution in [2.45, 2.75) is 11.5 Å². The van der Waals surface area contributed by atoms with Crippen molar-refractivity contribution in [2.24, 2.45) is 5.14 Å². The van der Waals surface area contributed by atoms with E-state index in [1.54, 1.807) is 31.4 Å². The number of nitrogens with zero attached hydrogens (tertiary/aromatic N) is 2. The topological polar surface area (TPSA) is 135 Å². The van der Waals surface area contributed by atoms with Crippen LogP contribution >= 0.6 is 0 Å². The van der Waals surface area contributed by atoms with Crippen molar-refractivity contribution < 1.29 is 27.2 Å². The fraction of sp³-hybridized carbons (Fsp3) is 0.118. The first-order valence-electron chi connectivity index (χ1n) is 7.64. The Bertz CT molecular complexity index is 1040. The highest BCUT2D eigenvalue weighted by atomic mass is 32.2. The standard InChI is InChI=1S/C17H15N3O6S/c1-24-13-6-2-11(3-7-13)16-19-15(20-26-16)10-25-17(21)12-4-8-14(9-5-12)27(18,22)23/h2-9H,10H2,1H3,(H2,18,22,23). The van der Waals surface area contributed by atoms with E-state index in [1.807, 2.05) is 0 Å². The predicted molar refractivity (Wildman–Crippen MR) is 93.2 cm³/mol. The number of ether oxygens (including phenoxy) is 2. The first-order chi connectivity index (χ1) is 12.9. The lowest BCUT2D eigenvalue weighted by molar-refractivity contribution is 0.0459. The van der Waals surface area contributed by atoms with Crippen LogP contribution in [0.15, 0.2) is 57.9 Å². The molecule has 0 saturated carbocycles. The Hall–Kier alpha value is -3.24. The summed E-state index contributed by atoms with van der Waals surface area (Å²) in [6.45, 7) is -0.199. The molecule has 3 aromatic rings. The Labute approximate surface area is 154 Å². The zero-order valence-corrected chi connectivity index (χ0v) is 15.0. The number of sulfonamides is 1. The van der Waals surface area contributed by atoms with E-state index in [-0.39, 0.29) is 28.8 Å². The molecule has 1 heterocycles. The van der Waals surface area contributed by atoms with Gasteiger partial charge in [0.15, 0.2) is 6.61 Å². The van der Waals surface area contributed by atoms with Crippen LogP contribution < -0.4 is 9.88 Å². The summed E-state index contributed by atoms with van der Waals surface area (Å²) in [5, 5.41) is 8.76. The van der Waals surface area contributed by atoms with E-state index in [0.29, 0.717) is 11.3 Å². The van der Waals surface area contributed by atoms with Crippen molar-refractivity contribution in [3.05, 3.63) is 59.9 Å². The first kappa shape index (κ1) is 18.5. The number of hydrogen-bond donors (Lipinski definition) is 1. The van der Waals surface area contributed by atoms with E-state index in [0.717, 1.165) is 0 Å². The molecule has 0 amide bonds. The molecule has 27 heavy (non-hydrogen) atoms. The van der Waals surface area contributed by atoms with Gasteiger partial charge in [0.2, 0.25) is 15.8 Å². The van der Waals surface area contributed by atoms with Gasteiger partial charge in [-0.25, -0.2) is 18.4 Å². The summed E-state index contributed by atoms with van der Waals surface area (Å²) < 4.78 is 37.7. The van der Waals surface area contributed by atoms with Crippen LogP contribution in [0.1, 0.15) is 16.2 Å². The molecule has 0 saturated heterocycles. The van der Waals surface area contributed by atoms with Gasteiger partial charge in [-0.2, -0.15) is 4.98 Å². The minimum absolute atomic E-state index is 0.0960. The highest BCUT2D eigenvalue weighted by molar-refractivity contribution is 7.89. The third kappa shape index (κ3) is 4.49. The molecule has 140 valence electrons. The van der Waals surface area contributed by atoms with E-state index in [2.05, 4.69) is 10.1 Å². The summed E-state index contributed by atoms with van der Waals surface area (Å²) in [5.41, 5.74) is 0.862. The maximum atomic E-state index is 12.0. The van der Waals surface area contributed by atoms with Crippen LogP contribution in [0.3, 0.4) is 0 Å². The molecule has 0 bridgehead atoms. The lowest BCUT2D eigenvalue weighted by Gasteiger charge is -2.03. The molecule has 0 spiro atoms. The van der Waals surface area contributed by atoms with Crippen LogP contribution in [-0.2, 0) is 21.4 Å². The summed E-state index contributed by atoms with van der Waals surface area (Å²) in [7, 11) is -2.25. The van der Waals surface area contributed by atoms with Crippen molar-refractivity contribution in [2.75, 3.05) is 7.11 Å². The zero-order valence-electron chi connectivity index (χ0n) is 14.2. The number of methoxy groups -OCH3 is 1. The summed E-state index contributed by atoms with van der Waals surface area (Å²) in [6, 6.07) is 12.1. The van der Waals surface area contributed by atoms with Crippen molar-refractivity contribution in [1.82, 2.24) is 10.1 Å². The molecule has 0 unspecified atom stereocenters. The fourth-order valence-corrected chi connectivity index (χ4v) is 2.67. The average molecular weight is 389 g/mol. The van der Waals surface area contributed by atoms with E-state index in [9.17, 15) is 13.2 Å². The second kappa shape index (κ2) is 7.56. The molecule has 0 radical (unpaired) electrons. The van der Waals surface area contributed by atoms with E-state index in [4.69, 9.17) is 19.1 Å². The molecule has 0 aliphatic heterocycles. The van der Waals surface area contributed by atoms with Gasteiger partial charge in [0.05, 0.1) is 17.6 Å². The van der Waals surface area contributed by atoms with Crippen LogP contribution in [0.5, 0.6) is 5.75 Å². The largest absolute Gasteiger partial charge is 0.497 e. The summed E-state index contributed by atoms with van der Waals surface area (Å²) >= 11 is 0. The highest BCUT2D eigenvalue weighted by Crippen LogP contribution is 2.21. The van der Waals surface area contributed by atoms with Gasteiger partial charge in [-0.15, -0.1) is 0 Å². The number of carbonyl (C=O) groups is 1. The van der Waals surface area contributed by atoms with Gasteiger partial charge in [0, 0.05) is 5.56 Å². The van der Waals surface area contributed by atoms with Crippen molar-refractivity contribution in [3.63, 3.8) is 0 Å². The Morgan fingerprint density at radius 3 is 2.37 bits per heavy atom. The molecule has 2 aromatic carbocycles. The Kier molecular flexibility index (Phi) is 5.19. The van der Waals surface area contributed by atoms with E-state index < -0.39 is 16.0 Å². The summed E-state index contributed by atoms with van der Waals surface area (Å²) in [5.74, 6) is 0.504. The molecule has 0 aliphatic carbocycles. The quantitative estimate of drug-likeness (QED) is 0.630. The number of benzene rings is 2. The van der Waals surface area contributed by atoms with Gasteiger partial charge in [-0.3, -0.25) is 0 Å². The van der Waals surface area contributed by atoms with E-state index in [1.165, 1.54) is 24.3 Å². The number of aromatic nitrogens is 2. The maximum absolute atomic E-state index is 12.0. The Balaban J connectivity index is 1.63. The summed E-state index contributed by atoms with van der Waals surface area (Å²) in [6.07, 6.45) is 0. The molecular formula is C17H15N3O6S. The van der Waals surface area contributed by atoms with Gasteiger partial charge < -0.3 is 14.0 Å². The second-order valence-corrected chi connectivity index (χ2v) is 6.95. The molecule has 0 fully saturated rings. The SMILES string of the molecule is COc1ccc(-c2nc(COC(=O)c3ccc(S(N)(=O)=O)cc3)no2)cc1. The highest BCUT2D eigenvalue weighted by Gasteiger charge is 2.14. The molecule has 0 aliphatic rings. The first-order valence-corrected chi connectivity index (χ1v) is 9.18. The third-order valence-corrected chi connectivity index (χ3v) is 4.49. The third-order valence-electron chi connectivity index (χ3n) is 3.56. The number of primary sulfonamides is 1. The molecule has 3 rings (SSSR count). The monoisotopic (exact) mass is 389 g/mol. The van der Waals surface area contributed by atoms with Gasteiger partial charge in [0.25, 0.3) is 5.89 Å². The Morgan fingerprint density at radius 1 is 1.11 bits per heavy atom. The smallest absolute Gasteiger partial charge is 0.338 e. The zero-order chi connectivity index (χ0) is 19.4. The fourth-order valence-electron chi connectivity index (χ4n) is 2.16. The maximum Gasteiger partial charge on any atom is 0.338 e. The van der Waals surface area contributed by atoms with Crippen LogP contribution in [0.25, 0.3) is 11.5 Å². The number of rotatable bonds is 6. The molecule has 0 atom stereocenters. The molecule has 1 aromatic heterocycles. The minimum atomic E-state index is -3.82. The average Bonchev–Trinajstić information content (AvgIpc) is 3.14. The van der Waals surface area contributed by atoms with Crippen molar-refractivity contribution >= 4 is 16.0 Å². The lowest BCUT2D eigenvalue weighted by Crippen LogP contribution is -2.12. The van der Waals surface area contributed by atoms with E-state index >= 15 is 0 Å². The molecule has 2 N–H and O–H groups in total. The van der Waals surface area contributed by atoms with Gasteiger partial charge in [-0.1, -0.05) is 5.16 Å². The number of nitrogens with two attached hydrogens (primary N) is 1. The number of esters is 1. The van der Waals surface area contributed by atoms with Crippen LogP contribution in [0, 0.1) is 0 Å². The lowest BCUT2D eigenvalue weighted by atomic mass is 10.2.